The highest BCUT2D eigenvalue weighted by Gasteiger charge is 2.32. The predicted octanol–water partition coefficient (Wildman–Crippen LogP) is 3.68. The molecular weight excluding hydrogens is 265 g/mol. The second-order valence-corrected chi connectivity index (χ2v) is 6.08. The van der Waals surface area contributed by atoms with Crippen molar-refractivity contribution in [2.45, 2.75) is 15.7 Å². The maximum absolute atomic E-state index is 11.4. The average Bonchev–Trinajstić information content (AvgIpc) is 2.50. The largest absolute Gasteiger partial charge is 0.347 e. The molecule has 0 aromatic carbocycles. The van der Waals surface area contributed by atoms with E-state index < -0.39 is 9.58 Å². The lowest BCUT2D eigenvalue weighted by atomic mass is 10.3. The van der Waals surface area contributed by atoms with Gasteiger partial charge in [0.25, 0.3) is 3.79 Å². The van der Waals surface area contributed by atoms with E-state index in [2.05, 4.69) is 4.98 Å². The van der Waals surface area contributed by atoms with Crippen LogP contribution in [0, 0.1) is 0 Å². The van der Waals surface area contributed by atoms with Crippen LogP contribution in [0.1, 0.15) is 17.4 Å². The number of thioether (sulfide) groups is 1. The first-order chi connectivity index (χ1) is 6.45. The van der Waals surface area contributed by atoms with Gasteiger partial charge in [-0.25, -0.2) is 0 Å². The standard InChI is InChI=1S/C8H8Cl3NOS/c1-2-14-6-4-3-5(12-6)7(13)8(9,10)11/h3-4,12H,2H2,1H3. The fourth-order valence-electron chi connectivity index (χ4n) is 0.900. The highest BCUT2D eigenvalue weighted by atomic mass is 35.6. The van der Waals surface area contributed by atoms with Crippen LogP contribution >= 0.6 is 46.6 Å². The molecule has 0 amide bonds. The highest BCUT2D eigenvalue weighted by Crippen LogP contribution is 2.30. The molecule has 0 saturated heterocycles. The van der Waals surface area contributed by atoms with Crippen LogP contribution in [0.2, 0.25) is 0 Å². The second kappa shape index (κ2) is 4.79. The van der Waals surface area contributed by atoms with E-state index in [4.69, 9.17) is 34.8 Å². The summed E-state index contributed by atoms with van der Waals surface area (Å²) >= 11 is 18.0. The van der Waals surface area contributed by atoms with Crippen LogP contribution in [0.4, 0.5) is 0 Å². The summed E-state index contributed by atoms with van der Waals surface area (Å²) in [6, 6.07) is 3.40. The molecule has 0 radical (unpaired) electrons. The fraction of sp³-hybridized carbons (Fsp3) is 0.375. The van der Waals surface area contributed by atoms with Crippen molar-refractivity contribution in [3.8, 4) is 0 Å². The summed E-state index contributed by atoms with van der Waals surface area (Å²) in [6.07, 6.45) is 0. The molecule has 1 aromatic heterocycles. The van der Waals surface area contributed by atoms with Crippen molar-refractivity contribution in [3.63, 3.8) is 0 Å². The highest BCUT2D eigenvalue weighted by molar-refractivity contribution is 7.99. The van der Waals surface area contributed by atoms with Crippen LogP contribution in [0.5, 0.6) is 0 Å². The van der Waals surface area contributed by atoms with Crippen LogP contribution in [-0.2, 0) is 0 Å². The van der Waals surface area contributed by atoms with Gasteiger partial charge in [0, 0.05) is 0 Å². The monoisotopic (exact) mass is 271 g/mol. The van der Waals surface area contributed by atoms with Crippen LogP contribution in [0.15, 0.2) is 17.2 Å². The van der Waals surface area contributed by atoms with Gasteiger partial charge in [0.2, 0.25) is 5.78 Å². The maximum Gasteiger partial charge on any atom is 0.254 e. The van der Waals surface area contributed by atoms with Crippen molar-refractivity contribution in [2.75, 3.05) is 5.75 Å². The molecule has 78 valence electrons. The summed E-state index contributed by atoms with van der Waals surface area (Å²) in [5.74, 6) is 0.382. The summed E-state index contributed by atoms with van der Waals surface area (Å²) in [6.45, 7) is 2.02. The number of aromatic amines is 1. The Hall–Kier alpha value is 0.170. The molecule has 1 heterocycles. The van der Waals surface area contributed by atoms with Crippen molar-refractivity contribution in [1.82, 2.24) is 4.98 Å². The Labute approximate surface area is 101 Å². The number of hydrogen-bond donors (Lipinski definition) is 1. The minimum atomic E-state index is -1.89. The molecule has 2 nitrogen and oxygen atoms in total. The molecule has 0 atom stereocenters. The summed E-state index contributed by atoms with van der Waals surface area (Å²) in [4.78, 5) is 14.3. The summed E-state index contributed by atoms with van der Waals surface area (Å²) in [5.41, 5.74) is 0.320. The summed E-state index contributed by atoms with van der Waals surface area (Å²) < 4.78 is -1.89. The molecule has 14 heavy (non-hydrogen) atoms. The summed E-state index contributed by atoms with van der Waals surface area (Å²) in [7, 11) is 0. The molecule has 1 aromatic rings. The number of aromatic nitrogens is 1. The van der Waals surface area contributed by atoms with Gasteiger partial charge in [0.05, 0.1) is 10.7 Å². The molecule has 0 aliphatic carbocycles. The van der Waals surface area contributed by atoms with E-state index in [9.17, 15) is 4.79 Å². The van der Waals surface area contributed by atoms with Gasteiger partial charge in [-0.1, -0.05) is 41.7 Å². The van der Waals surface area contributed by atoms with Gasteiger partial charge in [0.1, 0.15) is 0 Å². The van der Waals surface area contributed by atoms with E-state index in [-0.39, 0.29) is 0 Å². The smallest absolute Gasteiger partial charge is 0.254 e. The molecule has 0 unspecified atom stereocenters. The number of alkyl halides is 3. The van der Waals surface area contributed by atoms with E-state index in [0.29, 0.717) is 5.69 Å². The van der Waals surface area contributed by atoms with Gasteiger partial charge in [0.15, 0.2) is 0 Å². The zero-order valence-electron chi connectivity index (χ0n) is 7.31. The lowest BCUT2D eigenvalue weighted by Gasteiger charge is -2.06. The molecule has 0 spiro atoms. The Balaban J connectivity index is 2.82. The van der Waals surface area contributed by atoms with Gasteiger partial charge in [-0.15, -0.1) is 11.8 Å². The summed E-state index contributed by atoms with van der Waals surface area (Å²) in [5, 5.41) is 0.894. The number of carbonyl (C=O) groups is 1. The first-order valence-electron chi connectivity index (χ1n) is 3.88. The van der Waals surface area contributed by atoms with Gasteiger partial charge in [-0.05, 0) is 17.9 Å². The topological polar surface area (TPSA) is 32.9 Å². The molecular formula is C8H8Cl3NOS. The first kappa shape index (κ1) is 12.2. The molecule has 0 saturated carbocycles. The van der Waals surface area contributed by atoms with Crippen molar-refractivity contribution >= 4 is 52.3 Å². The SMILES string of the molecule is CCSc1ccc(C(=O)C(Cl)(Cl)Cl)[nH]1. The van der Waals surface area contributed by atoms with Crippen LogP contribution in [-0.4, -0.2) is 20.3 Å². The average molecular weight is 273 g/mol. The molecule has 0 fully saturated rings. The van der Waals surface area contributed by atoms with Crippen LogP contribution in [0.3, 0.4) is 0 Å². The van der Waals surface area contributed by atoms with E-state index >= 15 is 0 Å². The number of halogens is 3. The number of hydrogen-bond acceptors (Lipinski definition) is 2. The Morgan fingerprint density at radius 2 is 2.14 bits per heavy atom. The van der Waals surface area contributed by atoms with Gasteiger partial charge >= 0.3 is 0 Å². The second-order valence-electron chi connectivity index (χ2n) is 2.50. The fourth-order valence-corrected chi connectivity index (χ4v) is 1.86. The van der Waals surface area contributed by atoms with E-state index in [1.54, 1.807) is 23.9 Å². The normalized spacial score (nSPS) is 11.7. The maximum atomic E-state index is 11.4. The number of carbonyl (C=O) groups excluding carboxylic acids is 1. The van der Waals surface area contributed by atoms with Gasteiger partial charge in [-0.3, -0.25) is 4.79 Å². The molecule has 6 heteroatoms. The molecule has 1 rings (SSSR count). The molecule has 0 bridgehead atoms. The number of rotatable bonds is 3. The Kier molecular flexibility index (Phi) is 4.19. The molecule has 1 N–H and O–H groups in total. The third kappa shape index (κ3) is 3.09. The van der Waals surface area contributed by atoms with Crippen molar-refractivity contribution in [1.29, 1.82) is 0 Å². The number of ketones is 1. The van der Waals surface area contributed by atoms with Crippen LogP contribution in [0.25, 0.3) is 0 Å². The minimum absolute atomic E-state index is 0.320. The molecule has 0 aliphatic rings. The number of nitrogens with one attached hydrogen (secondary N) is 1. The number of Topliss-reactive ketones (excluding diaryl/α,β-unsaturated/α-hetero) is 1. The van der Waals surface area contributed by atoms with Crippen molar-refractivity contribution < 1.29 is 4.79 Å². The Morgan fingerprint density at radius 3 is 2.64 bits per heavy atom. The minimum Gasteiger partial charge on any atom is -0.347 e. The number of H-pyrrole nitrogens is 1. The van der Waals surface area contributed by atoms with Crippen molar-refractivity contribution in [2.24, 2.45) is 0 Å². The van der Waals surface area contributed by atoms with Crippen molar-refractivity contribution in [3.05, 3.63) is 17.8 Å². The predicted molar refractivity (Wildman–Crippen MR) is 61.8 cm³/mol. The van der Waals surface area contributed by atoms with E-state index in [0.717, 1.165) is 10.8 Å². The third-order valence-corrected chi connectivity index (χ3v) is 2.81. The van der Waals surface area contributed by atoms with E-state index in [1.807, 2.05) is 6.92 Å². The quantitative estimate of drug-likeness (QED) is 0.517. The lowest BCUT2D eigenvalue weighted by Crippen LogP contribution is -2.19. The molecule has 0 aliphatic heterocycles. The zero-order chi connectivity index (χ0) is 10.8. The first-order valence-corrected chi connectivity index (χ1v) is 6.00. The lowest BCUT2D eigenvalue weighted by molar-refractivity contribution is 0.0992. The van der Waals surface area contributed by atoms with Gasteiger partial charge < -0.3 is 4.98 Å². The van der Waals surface area contributed by atoms with Gasteiger partial charge in [-0.2, -0.15) is 0 Å². The Morgan fingerprint density at radius 1 is 1.50 bits per heavy atom. The third-order valence-electron chi connectivity index (χ3n) is 1.46. The van der Waals surface area contributed by atoms with E-state index in [1.165, 1.54) is 0 Å². The zero-order valence-corrected chi connectivity index (χ0v) is 10.4. The van der Waals surface area contributed by atoms with Crippen LogP contribution < -0.4 is 0 Å². The Bertz CT molecular complexity index is 332.